The van der Waals surface area contributed by atoms with Crippen LogP contribution in [0.5, 0.6) is 0 Å². The van der Waals surface area contributed by atoms with Crippen LogP contribution in [0.4, 0.5) is 0 Å². The van der Waals surface area contributed by atoms with E-state index >= 15 is 0 Å². The molecule has 1 saturated heterocycles. The third-order valence-electron chi connectivity index (χ3n) is 3.86. The van der Waals surface area contributed by atoms with Crippen molar-refractivity contribution in [3.05, 3.63) is 0 Å². The van der Waals surface area contributed by atoms with Gasteiger partial charge in [-0.3, -0.25) is 4.90 Å². The van der Waals surface area contributed by atoms with Crippen molar-refractivity contribution in [2.75, 3.05) is 26.7 Å². The highest BCUT2D eigenvalue weighted by atomic mass is 16.5. The summed E-state index contributed by atoms with van der Waals surface area (Å²) in [5.74, 6) is 0.671. The number of ether oxygens (including phenoxy) is 1. The zero-order valence-electron chi connectivity index (χ0n) is 12.2. The van der Waals surface area contributed by atoms with E-state index in [0.29, 0.717) is 23.5 Å². The molecule has 0 radical (unpaired) electrons. The molecule has 0 aromatic rings. The third-order valence-corrected chi connectivity index (χ3v) is 3.86. The predicted molar refractivity (Wildman–Crippen MR) is 73.1 cm³/mol. The van der Waals surface area contributed by atoms with E-state index in [1.165, 1.54) is 13.0 Å². The fraction of sp³-hybridized carbons (Fsp3) is 1.00. The van der Waals surface area contributed by atoms with E-state index in [-0.39, 0.29) is 0 Å². The molecule has 0 aliphatic carbocycles. The number of piperidine rings is 1. The van der Waals surface area contributed by atoms with Crippen LogP contribution in [0.1, 0.15) is 40.5 Å². The molecular formula is C14H30N2O. The smallest absolute Gasteiger partial charge is 0.0724 e. The SMILES string of the molecule is COC1CN(C(CN)CC(C)(C)C)CCC1C. The summed E-state index contributed by atoms with van der Waals surface area (Å²) >= 11 is 0. The van der Waals surface area contributed by atoms with Gasteiger partial charge in [0.25, 0.3) is 0 Å². The maximum atomic E-state index is 5.95. The molecule has 1 heterocycles. The minimum absolute atomic E-state index is 0.343. The van der Waals surface area contributed by atoms with Crippen molar-refractivity contribution in [3.63, 3.8) is 0 Å². The first-order chi connectivity index (χ1) is 7.87. The van der Waals surface area contributed by atoms with Crippen LogP contribution < -0.4 is 5.73 Å². The van der Waals surface area contributed by atoms with Gasteiger partial charge in [-0.2, -0.15) is 0 Å². The average Bonchev–Trinajstić information content (AvgIpc) is 2.25. The first-order valence-corrected chi connectivity index (χ1v) is 6.84. The third kappa shape index (κ3) is 4.57. The fourth-order valence-electron chi connectivity index (χ4n) is 2.76. The molecule has 17 heavy (non-hydrogen) atoms. The Balaban J connectivity index is 2.58. The van der Waals surface area contributed by atoms with E-state index in [1.54, 1.807) is 0 Å². The first-order valence-electron chi connectivity index (χ1n) is 6.84. The second-order valence-electron chi connectivity index (χ2n) is 6.69. The van der Waals surface area contributed by atoms with E-state index in [4.69, 9.17) is 10.5 Å². The zero-order chi connectivity index (χ0) is 13.1. The van der Waals surface area contributed by atoms with Gasteiger partial charge in [0, 0.05) is 26.2 Å². The Labute approximate surface area is 107 Å². The number of likely N-dealkylation sites (tertiary alicyclic amines) is 1. The van der Waals surface area contributed by atoms with Crippen molar-refractivity contribution in [2.24, 2.45) is 17.1 Å². The summed E-state index contributed by atoms with van der Waals surface area (Å²) in [6.07, 6.45) is 2.76. The van der Waals surface area contributed by atoms with Gasteiger partial charge < -0.3 is 10.5 Å². The van der Waals surface area contributed by atoms with E-state index in [2.05, 4.69) is 32.6 Å². The van der Waals surface area contributed by atoms with Gasteiger partial charge in [-0.25, -0.2) is 0 Å². The summed E-state index contributed by atoms with van der Waals surface area (Å²) in [5, 5.41) is 0. The Morgan fingerprint density at radius 2 is 2.06 bits per heavy atom. The van der Waals surface area contributed by atoms with Crippen molar-refractivity contribution in [1.29, 1.82) is 0 Å². The van der Waals surface area contributed by atoms with Crippen molar-refractivity contribution >= 4 is 0 Å². The van der Waals surface area contributed by atoms with Crippen LogP contribution in [0.25, 0.3) is 0 Å². The molecule has 0 saturated carbocycles. The molecule has 3 unspecified atom stereocenters. The van der Waals surface area contributed by atoms with E-state index in [0.717, 1.165) is 19.5 Å². The van der Waals surface area contributed by atoms with Crippen molar-refractivity contribution in [2.45, 2.75) is 52.7 Å². The van der Waals surface area contributed by atoms with Crippen LogP contribution in [0.2, 0.25) is 0 Å². The highest BCUT2D eigenvalue weighted by molar-refractivity contribution is 4.85. The van der Waals surface area contributed by atoms with Crippen molar-refractivity contribution in [3.8, 4) is 0 Å². The number of methoxy groups -OCH3 is 1. The molecule has 102 valence electrons. The molecule has 0 bridgehead atoms. The van der Waals surface area contributed by atoms with Crippen LogP contribution in [-0.4, -0.2) is 43.8 Å². The van der Waals surface area contributed by atoms with E-state index < -0.39 is 0 Å². The molecule has 3 nitrogen and oxygen atoms in total. The lowest BCUT2D eigenvalue weighted by Crippen LogP contribution is -2.51. The zero-order valence-corrected chi connectivity index (χ0v) is 12.2. The lowest BCUT2D eigenvalue weighted by Gasteiger charge is -2.42. The first kappa shape index (κ1) is 14.9. The lowest BCUT2D eigenvalue weighted by molar-refractivity contribution is -0.0229. The van der Waals surface area contributed by atoms with Gasteiger partial charge in [-0.05, 0) is 30.7 Å². The number of nitrogens with two attached hydrogens (primary N) is 1. The van der Waals surface area contributed by atoms with Crippen LogP contribution in [0.15, 0.2) is 0 Å². The largest absolute Gasteiger partial charge is 0.380 e. The molecule has 0 spiro atoms. The van der Waals surface area contributed by atoms with E-state index in [9.17, 15) is 0 Å². The molecule has 3 atom stereocenters. The summed E-state index contributed by atoms with van der Waals surface area (Å²) < 4.78 is 5.58. The summed E-state index contributed by atoms with van der Waals surface area (Å²) in [6.45, 7) is 12.1. The normalized spacial score (nSPS) is 29.3. The molecule has 0 aromatic carbocycles. The Kier molecular flexibility index (Phi) is 5.42. The molecule has 1 rings (SSSR count). The fourth-order valence-corrected chi connectivity index (χ4v) is 2.76. The summed E-state index contributed by atoms with van der Waals surface area (Å²) in [6, 6.07) is 0.500. The maximum Gasteiger partial charge on any atom is 0.0724 e. The predicted octanol–water partition coefficient (Wildman–Crippen LogP) is 2.11. The molecule has 0 aromatic heterocycles. The quantitative estimate of drug-likeness (QED) is 0.820. The Bertz CT molecular complexity index is 225. The van der Waals surface area contributed by atoms with Crippen LogP contribution in [0, 0.1) is 11.3 Å². The van der Waals surface area contributed by atoms with Gasteiger partial charge in [0.15, 0.2) is 0 Å². The van der Waals surface area contributed by atoms with Gasteiger partial charge >= 0.3 is 0 Å². The van der Waals surface area contributed by atoms with Crippen molar-refractivity contribution < 1.29 is 4.74 Å². The molecular weight excluding hydrogens is 212 g/mol. The molecule has 1 fully saturated rings. The number of rotatable bonds is 4. The maximum absolute atomic E-state index is 5.95. The summed E-state index contributed by atoms with van der Waals surface area (Å²) in [4.78, 5) is 2.53. The topological polar surface area (TPSA) is 38.5 Å². The summed E-state index contributed by atoms with van der Waals surface area (Å²) in [7, 11) is 1.83. The van der Waals surface area contributed by atoms with Gasteiger partial charge in [-0.1, -0.05) is 27.7 Å². The van der Waals surface area contributed by atoms with Gasteiger partial charge in [-0.15, -0.1) is 0 Å². The lowest BCUT2D eigenvalue weighted by atomic mass is 9.86. The standard InChI is InChI=1S/C14H30N2O/c1-11-6-7-16(10-13(11)17-5)12(9-15)8-14(2,3)4/h11-13H,6-10,15H2,1-5H3. The summed E-state index contributed by atoms with van der Waals surface area (Å²) in [5.41, 5.74) is 6.29. The Morgan fingerprint density at radius 1 is 1.41 bits per heavy atom. The number of nitrogens with zero attached hydrogens (tertiary/aromatic N) is 1. The van der Waals surface area contributed by atoms with Crippen molar-refractivity contribution in [1.82, 2.24) is 4.90 Å². The number of hydrogen-bond acceptors (Lipinski definition) is 3. The Morgan fingerprint density at radius 3 is 2.53 bits per heavy atom. The van der Waals surface area contributed by atoms with Gasteiger partial charge in [0.1, 0.15) is 0 Å². The molecule has 2 N–H and O–H groups in total. The minimum atomic E-state index is 0.343. The van der Waals surface area contributed by atoms with Gasteiger partial charge in [0.05, 0.1) is 6.10 Å². The average molecular weight is 242 g/mol. The Hall–Kier alpha value is -0.120. The van der Waals surface area contributed by atoms with Crippen LogP contribution in [0.3, 0.4) is 0 Å². The molecule has 1 aliphatic rings. The monoisotopic (exact) mass is 242 g/mol. The molecule has 0 amide bonds. The minimum Gasteiger partial charge on any atom is -0.380 e. The van der Waals surface area contributed by atoms with Crippen LogP contribution in [-0.2, 0) is 4.74 Å². The highest BCUT2D eigenvalue weighted by Gasteiger charge is 2.31. The van der Waals surface area contributed by atoms with Crippen LogP contribution >= 0.6 is 0 Å². The van der Waals surface area contributed by atoms with Gasteiger partial charge in [0.2, 0.25) is 0 Å². The van der Waals surface area contributed by atoms with E-state index in [1.807, 2.05) is 7.11 Å². The highest BCUT2D eigenvalue weighted by Crippen LogP contribution is 2.27. The second-order valence-corrected chi connectivity index (χ2v) is 6.69. The number of hydrogen-bond donors (Lipinski definition) is 1. The molecule has 1 aliphatic heterocycles. The molecule has 3 heteroatoms. The second kappa shape index (κ2) is 6.17.